The van der Waals surface area contributed by atoms with Crippen molar-refractivity contribution in [2.24, 2.45) is 0 Å². The molecule has 0 saturated heterocycles. The van der Waals surface area contributed by atoms with Crippen LogP contribution in [0.1, 0.15) is 10.4 Å². The van der Waals surface area contributed by atoms with Gasteiger partial charge in [-0.05, 0) is 24.3 Å². The summed E-state index contributed by atoms with van der Waals surface area (Å²) in [7, 11) is 0.0965. The zero-order valence-corrected chi connectivity index (χ0v) is 16.2. The summed E-state index contributed by atoms with van der Waals surface area (Å²) in [5.74, 6) is 0.0437. The average Bonchev–Trinajstić information content (AvgIpc) is 2.70. The van der Waals surface area contributed by atoms with Crippen molar-refractivity contribution in [1.82, 2.24) is 0 Å². The van der Waals surface area contributed by atoms with Gasteiger partial charge in [0.1, 0.15) is 0 Å². The summed E-state index contributed by atoms with van der Waals surface area (Å²) >= 11 is 0. The molecule has 0 saturated carbocycles. The molecule has 27 heavy (non-hydrogen) atoms. The summed E-state index contributed by atoms with van der Waals surface area (Å²) in [5, 5.41) is 0. The predicted octanol–water partition coefficient (Wildman–Crippen LogP) is 2.87. The van der Waals surface area contributed by atoms with Gasteiger partial charge in [0.05, 0.1) is 44.0 Å². The van der Waals surface area contributed by atoms with Gasteiger partial charge in [0.15, 0.2) is 11.5 Å². The number of carbonyl (C=O) groups is 1. The lowest BCUT2D eigenvalue weighted by Gasteiger charge is -2.25. The number of rotatable bonds is 8. The fraction of sp³-hybridized carbons (Fsp3) is 0.211. The SMILES string of the molecule is C=CCN(c1ccccc1C(=O)OC)S(=O)(=O)c1ccc(OC)c(OC)c1. The van der Waals surface area contributed by atoms with Crippen LogP contribution in [0.2, 0.25) is 0 Å². The Hall–Kier alpha value is -3.00. The first-order valence-corrected chi connectivity index (χ1v) is 9.37. The van der Waals surface area contributed by atoms with E-state index < -0.39 is 16.0 Å². The molecule has 0 unspecified atom stereocenters. The molecule has 2 aromatic rings. The lowest BCUT2D eigenvalue weighted by atomic mass is 10.2. The van der Waals surface area contributed by atoms with Crippen LogP contribution < -0.4 is 13.8 Å². The van der Waals surface area contributed by atoms with Gasteiger partial charge in [0.25, 0.3) is 10.0 Å². The van der Waals surface area contributed by atoms with Crippen molar-refractivity contribution in [3.8, 4) is 11.5 Å². The van der Waals surface area contributed by atoms with Gasteiger partial charge in [-0.1, -0.05) is 18.2 Å². The Kier molecular flexibility index (Phi) is 6.46. The van der Waals surface area contributed by atoms with Crippen molar-refractivity contribution in [2.45, 2.75) is 4.90 Å². The third kappa shape index (κ3) is 4.06. The molecule has 2 rings (SSSR count). The van der Waals surface area contributed by atoms with E-state index in [1.807, 2.05) is 0 Å². The molecule has 0 bridgehead atoms. The molecule has 0 aliphatic carbocycles. The van der Waals surface area contributed by atoms with E-state index in [0.717, 1.165) is 4.31 Å². The third-order valence-corrected chi connectivity index (χ3v) is 5.59. The third-order valence-electron chi connectivity index (χ3n) is 3.82. The summed E-state index contributed by atoms with van der Waals surface area (Å²) in [6.45, 7) is 3.58. The second-order valence-electron chi connectivity index (χ2n) is 5.35. The van der Waals surface area contributed by atoms with Crippen LogP contribution in [0.25, 0.3) is 0 Å². The van der Waals surface area contributed by atoms with Gasteiger partial charge in [-0.25, -0.2) is 13.2 Å². The number of hydrogen-bond donors (Lipinski definition) is 0. The van der Waals surface area contributed by atoms with E-state index in [2.05, 4.69) is 6.58 Å². The molecule has 0 aliphatic heterocycles. The number of benzene rings is 2. The lowest BCUT2D eigenvalue weighted by Crippen LogP contribution is -2.32. The second kappa shape index (κ2) is 8.59. The van der Waals surface area contributed by atoms with Gasteiger partial charge in [0.2, 0.25) is 0 Å². The van der Waals surface area contributed by atoms with Gasteiger partial charge >= 0.3 is 5.97 Å². The maximum Gasteiger partial charge on any atom is 0.340 e. The molecular formula is C19H21NO6S. The topological polar surface area (TPSA) is 82.1 Å². The zero-order chi connectivity index (χ0) is 20.0. The van der Waals surface area contributed by atoms with Crippen LogP contribution in [0.4, 0.5) is 5.69 Å². The van der Waals surface area contributed by atoms with Crippen molar-refractivity contribution >= 4 is 21.7 Å². The maximum atomic E-state index is 13.3. The Morgan fingerprint density at radius 3 is 2.33 bits per heavy atom. The van der Waals surface area contributed by atoms with Crippen LogP contribution in [0.5, 0.6) is 11.5 Å². The summed E-state index contributed by atoms with van der Waals surface area (Å²) in [6, 6.07) is 10.6. The Bertz CT molecular complexity index is 939. The van der Waals surface area contributed by atoms with Crippen LogP contribution >= 0.6 is 0 Å². The van der Waals surface area contributed by atoms with Gasteiger partial charge in [-0.2, -0.15) is 0 Å². The van der Waals surface area contributed by atoms with Crippen LogP contribution in [0.15, 0.2) is 60.0 Å². The van der Waals surface area contributed by atoms with Gasteiger partial charge in [-0.15, -0.1) is 6.58 Å². The van der Waals surface area contributed by atoms with Gasteiger partial charge in [-0.3, -0.25) is 4.31 Å². The Balaban J connectivity index is 2.63. The fourth-order valence-electron chi connectivity index (χ4n) is 2.52. The van der Waals surface area contributed by atoms with E-state index in [-0.39, 0.29) is 28.4 Å². The number of nitrogens with zero attached hydrogens (tertiary/aromatic N) is 1. The first-order chi connectivity index (χ1) is 12.9. The molecule has 0 heterocycles. The van der Waals surface area contributed by atoms with E-state index in [1.165, 1.54) is 57.7 Å². The van der Waals surface area contributed by atoms with Crippen LogP contribution in [0, 0.1) is 0 Å². The number of para-hydroxylation sites is 1. The molecule has 0 spiro atoms. The largest absolute Gasteiger partial charge is 0.493 e. The van der Waals surface area contributed by atoms with Crippen LogP contribution in [-0.2, 0) is 14.8 Å². The quantitative estimate of drug-likeness (QED) is 0.508. The minimum Gasteiger partial charge on any atom is -0.493 e. The Morgan fingerprint density at radius 2 is 1.74 bits per heavy atom. The van der Waals surface area contributed by atoms with Crippen molar-refractivity contribution in [3.05, 3.63) is 60.7 Å². The van der Waals surface area contributed by atoms with Gasteiger partial charge < -0.3 is 14.2 Å². The predicted molar refractivity (Wildman–Crippen MR) is 102 cm³/mol. The molecule has 0 fully saturated rings. The highest BCUT2D eigenvalue weighted by atomic mass is 32.2. The molecule has 0 N–H and O–H groups in total. The monoisotopic (exact) mass is 391 g/mol. The molecule has 0 aliphatic rings. The molecular weight excluding hydrogens is 370 g/mol. The van der Waals surface area contributed by atoms with E-state index in [4.69, 9.17) is 14.2 Å². The van der Waals surface area contributed by atoms with Crippen molar-refractivity contribution in [1.29, 1.82) is 0 Å². The number of sulfonamides is 1. The standard InChI is InChI=1S/C19H21NO6S/c1-5-12-20(16-9-7-6-8-15(16)19(21)26-4)27(22,23)14-10-11-17(24-2)18(13-14)25-3/h5-11,13H,1,12H2,2-4H3. The number of esters is 1. The molecule has 144 valence electrons. The summed E-state index contributed by atoms with van der Waals surface area (Å²) < 4.78 is 42.8. The number of carbonyl (C=O) groups excluding carboxylic acids is 1. The van der Waals surface area contributed by atoms with E-state index in [9.17, 15) is 13.2 Å². The highest BCUT2D eigenvalue weighted by molar-refractivity contribution is 7.92. The second-order valence-corrected chi connectivity index (χ2v) is 7.21. The molecule has 0 amide bonds. The van der Waals surface area contributed by atoms with Crippen molar-refractivity contribution in [2.75, 3.05) is 32.2 Å². The average molecular weight is 391 g/mol. The molecule has 2 aromatic carbocycles. The van der Waals surface area contributed by atoms with E-state index in [0.29, 0.717) is 5.75 Å². The van der Waals surface area contributed by atoms with Crippen LogP contribution in [-0.4, -0.2) is 42.3 Å². The number of anilines is 1. The molecule has 0 aromatic heterocycles. The highest BCUT2D eigenvalue weighted by Gasteiger charge is 2.28. The fourth-order valence-corrected chi connectivity index (χ4v) is 3.99. The smallest absolute Gasteiger partial charge is 0.340 e. The van der Waals surface area contributed by atoms with E-state index in [1.54, 1.807) is 12.1 Å². The number of methoxy groups -OCH3 is 3. The normalized spacial score (nSPS) is 10.8. The Labute approximate surface area is 158 Å². The Morgan fingerprint density at radius 1 is 1.07 bits per heavy atom. The first kappa shape index (κ1) is 20.3. The minimum atomic E-state index is -4.02. The maximum absolute atomic E-state index is 13.3. The summed E-state index contributed by atoms with van der Waals surface area (Å²) in [5.41, 5.74) is 0.324. The minimum absolute atomic E-state index is 0.0123. The number of hydrogen-bond acceptors (Lipinski definition) is 6. The van der Waals surface area contributed by atoms with Gasteiger partial charge in [0, 0.05) is 6.07 Å². The molecule has 0 atom stereocenters. The molecule has 8 heteroatoms. The van der Waals surface area contributed by atoms with Crippen molar-refractivity contribution < 1.29 is 27.4 Å². The lowest BCUT2D eigenvalue weighted by molar-refractivity contribution is 0.0601. The zero-order valence-electron chi connectivity index (χ0n) is 15.3. The van der Waals surface area contributed by atoms with Crippen molar-refractivity contribution in [3.63, 3.8) is 0 Å². The van der Waals surface area contributed by atoms with E-state index >= 15 is 0 Å². The van der Waals surface area contributed by atoms with Crippen LogP contribution in [0.3, 0.4) is 0 Å². The first-order valence-electron chi connectivity index (χ1n) is 7.93. The summed E-state index contributed by atoms with van der Waals surface area (Å²) in [6.07, 6.45) is 1.44. The highest BCUT2D eigenvalue weighted by Crippen LogP contribution is 2.33. The molecule has 0 radical (unpaired) electrons. The number of ether oxygens (including phenoxy) is 3. The molecule has 7 nitrogen and oxygen atoms in total. The summed E-state index contributed by atoms with van der Waals surface area (Å²) in [4.78, 5) is 12.1.